The Bertz CT molecular complexity index is 895. The van der Waals surface area contributed by atoms with Crippen molar-refractivity contribution >= 4 is 17.7 Å². The van der Waals surface area contributed by atoms with Crippen LogP contribution in [0.1, 0.15) is 25.7 Å². The number of carboxylic acids is 1. The summed E-state index contributed by atoms with van der Waals surface area (Å²) in [6.45, 7) is 0.471. The van der Waals surface area contributed by atoms with Crippen molar-refractivity contribution in [3.63, 3.8) is 0 Å². The van der Waals surface area contributed by atoms with Gasteiger partial charge in [0.05, 0.1) is 13.2 Å². The van der Waals surface area contributed by atoms with Gasteiger partial charge in [0, 0.05) is 11.3 Å². The van der Waals surface area contributed by atoms with E-state index in [1.165, 1.54) is 12.1 Å². The number of amides is 1. The Labute approximate surface area is 179 Å². The molecule has 1 amide bonds. The fourth-order valence-corrected chi connectivity index (χ4v) is 3.69. The van der Waals surface area contributed by atoms with Crippen LogP contribution in [-0.2, 0) is 14.3 Å². The van der Waals surface area contributed by atoms with Gasteiger partial charge in [0.2, 0.25) is 0 Å². The van der Waals surface area contributed by atoms with Crippen molar-refractivity contribution in [1.82, 2.24) is 0 Å². The third kappa shape index (κ3) is 6.75. The normalized spacial score (nSPS) is 18.4. The van der Waals surface area contributed by atoms with Crippen molar-refractivity contribution in [2.45, 2.75) is 25.7 Å². The number of aliphatic carboxylic acids is 1. The minimum Gasteiger partial charge on any atom is -0.480 e. The van der Waals surface area contributed by atoms with Gasteiger partial charge in [-0.1, -0.05) is 24.3 Å². The number of anilines is 1. The van der Waals surface area contributed by atoms with Gasteiger partial charge in [-0.25, -0.2) is 18.4 Å². The second-order valence-corrected chi connectivity index (χ2v) is 7.70. The number of ether oxygens (including phenoxy) is 2. The molecular weight excluding hydrogens is 408 g/mol. The lowest BCUT2D eigenvalue weighted by molar-refractivity contribution is -0.142. The highest BCUT2D eigenvalue weighted by molar-refractivity contribution is 5.85. The molecule has 1 saturated carbocycles. The van der Waals surface area contributed by atoms with Gasteiger partial charge >= 0.3 is 12.1 Å². The van der Waals surface area contributed by atoms with Crippen LogP contribution >= 0.6 is 0 Å². The zero-order chi connectivity index (χ0) is 22.2. The summed E-state index contributed by atoms with van der Waals surface area (Å²) >= 11 is 0. The summed E-state index contributed by atoms with van der Waals surface area (Å²) in [6.07, 6.45) is 3.03. The molecule has 2 N–H and O–H groups in total. The van der Waals surface area contributed by atoms with E-state index in [4.69, 9.17) is 14.6 Å². The number of nitrogens with one attached hydrogen (secondary N) is 1. The van der Waals surface area contributed by atoms with Crippen molar-refractivity contribution < 1.29 is 33.0 Å². The Balaban J connectivity index is 1.40. The quantitative estimate of drug-likeness (QED) is 0.606. The van der Waals surface area contributed by atoms with E-state index in [0.717, 1.165) is 31.7 Å². The molecule has 8 heteroatoms. The maximum absolute atomic E-state index is 13.9. The van der Waals surface area contributed by atoms with Crippen molar-refractivity contribution in [2.24, 2.45) is 11.8 Å². The van der Waals surface area contributed by atoms with E-state index in [9.17, 15) is 18.4 Å². The summed E-state index contributed by atoms with van der Waals surface area (Å²) in [4.78, 5) is 22.5. The third-order valence-corrected chi connectivity index (χ3v) is 5.39. The predicted octanol–water partition coefficient (Wildman–Crippen LogP) is 5.09. The number of carbonyl (C=O) groups excluding carboxylic acids is 1. The van der Waals surface area contributed by atoms with Crippen molar-refractivity contribution in [2.75, 3.05) is 25.1 Å². The highest BCUT2D eigenvalue weighted by Crippen LogP contribution is 2.29. The molecule has 166 valence electrons. The molecule has 0 radical (unpaired) electrons. The number of carbonyl (C=O) groups is 2. The summed E-state index contributed by atoms with van der Waals surface area (Å²) in [5.74, 6) is -2.19. The number of halogens is 2. The van der Waals surface area contributed by atoms with Gasteiger partial charge in [0.25, 0.3) is 0 Å². The molecule has 1 aliphatic rings. The molecule has 0 heterocycles. The van der Waals surface area contributed by atoms with Gasteiger partial charge in [-0.05, 0) is 61.3 Å². The number of rotatable bonds is 8. The first-order chi connectivity index (χ1) is 14.9. The fraction of sp³-hybridized carbons (Fsp3) is 0.391. The van der Waals surface area contributed by atoms with Gasteiger partial charge in [-0.15, -0.1) is 0 Å². The van der Waals surface area contributed by atoms with E-state index in [2.05, 4.69) is 5.32 Å². The van der Waals surface area contributed by atoms with Crippen LogP contribution < -0.4 is 5.32 Å². The molecule has 0 aliphatic heterocycles. The average molecular weight is 433 g/mol. The van der Waals surface area contributed by atoms with Crippen molar-refractivity contribution in [1.29, 1.82) is 0 Å². The van der Waals surface area contributed by atoms with E-state index in [1.807, 2.05) is 0 Å². The zero-order valence-electron chi connectivity index (χ0n) is 17.0. The van der Waals surface area contributed by atoms with E-state index < -0.39 is 23.7 Å². The number of hydrogen-bond acceptors (Lipinski definition) is 4. The van der Waals surface area contributed by atoms with Crippen molar-refractivity contribution in [3.8, 4) is 11.1 Å². The molecule has 2 aromatic carbocycles. The lowest BCUT2D eigenvalue weighted by Gasteiger charge is -2.27. The fourth-order valence-electron chi connectivity index (χ4n) is 3.69. The molecule has 31 heavy (non-hydrogen) atoms. The molecule has 1 fully saturated rings. The maximum Gasteiger partial charge on any atom is 0.411 e. The second-order valence-electron chi connectivity index (χ2n) is 7.70. The predicted molar refractivity (Wildman–Crippen MR) is 111 cm³/mol. The average Bonchev–Trinajstić information content (AvgIpc) is 2.75. The van der Waals surface area contributed by atoms with Crippen LogP contribution in [-0.4, -0.2) is 37.0 Å². The standard InChI is InChI=1S/C23H25F2NO5/c24-20-3-1-2-19(22(20)25)17-8-10-18(11-9-17)26-23(29)31-13-16-6-4-15(5-7-16)12-30-14-21(27)28/h1-3,8-11,15-16H,4-7,12-14H2,(H,26,29)(H,27,28). The Hall–Kier alpha value is -3.00. The van der Waals surface area contributed by atoms with Crippen LogP contribution in [0.25, 0.3) is 11.1 Å². The van der Waals surface area contributed by atoms with Gasteiger partial charge < -0.3 is 14.6 Å². The second kappa shape index (κ2) is 10.9. The van der Waals surface area contributed by atoms with Crippen LogP contribution in [0, 0.1) is 23.5 Å². The molecule has 6 nitrogen and oxygen atoms in total. The first-order valence-electron chi connectivity index (χ1n) is 10.2. The van der Waals surface area contributed by atoms with E-state index in [-0.39, 0.29) is 18.1 Å². The zero-order valence-corrected chi connectivity index (χ0v) is 17.0. The first-order valence-corrected chi connectivity index (χ1v) is 10.2. The van der Waals surface area contributed by atoms with Crippen LogP contribution in [0.15, 0.2) is 42.5 Å². The van der Waals surface area contributed by atoms with E-state index in [1.54, 1.807) is 24.3 Å². The monoisotopic (exact) mass is 433 g/mol. The maximum atomic E-state index is 13.9. The smallest absolute Gasteiger partial charge is 0.411 e. The molecule has 0 atom stereocenters. The number of carboxylic acid groups (broad SMARTS) is 1. The summed E-state index contributed by atoms with van der Waals surface area (Å²) < 4.78 is 37.7. The van der Waals surface area contributed by atoms with Crippen LogP contribution in [0.3, 0.4) is 0 Å². The molecule has 1 aliphatic carbocycles. The topological polar surface area (TPSA) is 84.9 Å². The minimum absolute atomic E-state index is 0.151. The van der Waals surface area contributed by atoms with Gasteiger partial charge in [-0.2, -0.15) is 0 Å². The molecule has 2 aromatic rings. The van der Waals surface area contributed by atoms with E-state index in [0.29, 0.717) is 30.4 Å². The Morgan fingerprint density at radius 3 is 2.26 bits per heavy atom. The number of benzene rings is 2. The molecule has 0 unspecified atom stereocenters. The van der Waals surface area contributed by atoms with Gasteiger partial charge in [0.1, 0.15) is 6.61 Å². The molecule has 0 bridgehead atoms. The summed E-state index contributed by atoms with van der Waals surface area (Å²) in [5, 5.41) is 11.2. The molecule has 3 rings (SSSR count). The highest BCUT2D eigenvalue weighted by Gasteiger charge is 2.22. The molecule has 0 spiro atoms. The number of hydrogen-bond donors (Lipinski definition) is 2. The summed E-state index contributed by atoms with van der Waals surface area (Å²) in [5.41, 5.74) is 1.14. The lowest BCUT2D eigenvalue weighted by atomic mass is 9.83. The van der Waals surface area contributed by atoms with Crippen molar-refractivity contribution in [3.05, 3.63) is 54.1 Å². The van der Waals surface area contributed by atoms with Gasteiger partial charge in [0.15, 0.2) is 11.6 Å². The van der Waals surface area contributed by atoms with Crippen LogP contribution in [0.2, 0.25) is 0 Å². The van der Waals surface area contributed by atoms with Crippen LogP contribution in [0.4, 0.5) is 19.3 Å². The molecular formula is C23H25F2NO5. The molecule has 0 aromatic heterocycles. The third-order valence-electron chi connectivity index (χ3n) is 5.39. The Kier molecular flexibility index (Phi) is 7.94. The summed E-state index contributed by atoms with van der Waals surface area (Å²) in [7, 11) is 0. The molecule has 0 saturated heterocycles. The van der Waals surface area contributed by atoms with Crippen LogP contribution in [0.5, 0.6) is 0 Å². The largest absolute Gasteiger partial charge is 0.480 e. The minimum atomic E-state index is -0.969. The van der Waals surface area contributed by atoms with E-state index >= 15 is 0 Å². The summed E-state index contributed by atoms with van der Waals surface area (Å²) in [6, 6.07) is 10.4. The first kappa shape index (κ1) is 22.7. The lowest BCUT2D eigenvalue weighted by Crippen LogP contribution is -2.25. The SMILES string of the molecule is O=C(O)COCC1CCC(COC(=O)Nc2ccc(-c3cccc(F)c3F)cc2)CC1. The van der Waals surface area contributed by atoms with Gasteiger partial charge in [-0.3, -0.25) is 5.32 Å². The Morgan fingerprint density at radius 2 is 1.61 bits per heavy atom. The highest BCUT2D eigenvalue weighted by atomic mass is 19.2. The Morgan fingerprint density at radius 1 is 0.968 bits per heavy atom.